The van der Waals surface area contributed by atoms with E-state index in [1.807, 2.05) is 16.0 Å². The van der Waals surface area contributed by atoms with Crippen LogP contribution < -0.4 is 48.3 Å². The number of nitrogens with one attached hydrogen (secondary N) is 9. The Balaban J connectivity index is 2.48. The zero-order chi connectivity index (χ0) is 40.1. The smallest absolute Gasteiger partial charge is 0.327 e. The largest absolute Gasteiger partial charge is 0.481 e. The number of aromatic amines is 1. The zero-order valence-corrected chi connectivity index (χ0v) is 28.6. The second-order valence-electron chi connectivity index (χ2n) is 10.7. The van der Waals surface area contributed by atoms with Gasteiger partial charge in [0.15, 0.2) is 0 Å². The summed E-state index contributed by atoms with van der Waals surface area (Å²) in [4.78, 5) is 127. The molecule has 1 heterocycles. The molecule has 294 valence electrons. The van der Waals surface area contributed by atoms with E-state index in [2.05, 4.69) is 49.2 Å². The van der Waals surface area contributed by atoms with Crippen LogP contribution in [0.1, 0.15) is 12.1 Å². The minimum absolute atomic E-state index is 0.105. The van der Waals surface area contributed by atoms with Gasteiger partial charge in [0.05, 0.1) is 63.9 Å². The van der Waals surface area contributed by atoms with E-state index in [4.69, 9.17) is 15.9 Å². The lowest BCUT2D eigenvalue weighted by atomic mass is 10.1. The first-order chi connectivity index (χ1) is 25.0. The first kappa shape index (κ1) is 45.2. The number of carbonyl (C=O) groups is 10. The van der Waals surface area contributed by atoms with Crippen molar-refractivity contribution in [2.24, 2.45) is 5.73 Å². The molecule has 0 bridgehead atoms. The minimum Gasteiger partial charge on any atom is -0.481 e. The quantitative estimate of drug-likeness (QED) is 0.0434. The Morgan fingerprint density at radius 3 is 1.58 bits per heavy atom. The van der Waals surface area contributed by atoms with Gasteiger partial charge in [-0.2, -0.15) is 12.6 Å². The first-order valence-corrected chi connectivity index (χ1v) is 15.9. The van der Waals surface area contributed by atoms with Crippen LogP contribution in [-0.4, -0.2) is 165 Å². The summed E-state index contributed by atoms with van der Waals surface area (Å²) in [5.74, 6) is -11.2. The third-order valence-electron chi connectivity index (χ3n) is 6.54. The molecule has 0 saturated carbocycles. The normalized spacial score (nSPS) is 13.4. The van der Waals surface area contributed by atoms with Crippen molar-refractivity contribution < 1.29 is 68.4 Å². The van der Waals surface area contributed by atoms with Gasteiger partial charge in [0, 0.05) is 18.4 Å². The number of aliphatic hydroxyl groups excluding tert-OH is 2. The number of hydrogen-bond donors (Lipinski definition) is 15. The molecule has 0 radical (unpaired) electrons. The van der Waals surface area contributed by atoms with Gasteiger partial charge in [0.25, 0.3) is 0 Å². The fourth-order valence-electron chi connectivity index (χ4n) is 3.79. The summed E-state index contributed by atoms with van der Waals surface area (Å²) in [6, 6.07) is -7.65. The van der Waals surface area contributed by atoms with Gasteiger partial charge in [-0.3, -0.25) is 43.2 Å². The molecule has 15 N–H and O–H groups in total. The van der Waals surface area contributed by atoms with E-state index in [1.54, 1.807) is 6.20 Å². The van der Waals surface area contributed by atoms with Gasteiger partial charge in [-0.05, 0) is 0 Å². The van der Waals surface area contributed by atoms with Crippen molar-refractivity contribution in [3.63, 3.8) is 0 Å². The molecule has 0 saturated heterocycles. The molecule has 1 aromatic heterocycles. The van der Waals surface area contributed by atoms with Crippen LogP contribution in [0.2, 0.25) is 0 Å². The lowest BCUT2D eigenvalue weighted by Crippen LogP contribution is -2.58. The van der Waals surface area contributed by atoms with E-state index in [0.717, 1.165) is 0 Å². The highest BCUT2D eigenvalue weighted by atomic mass is 32.1. The molecule has 0 fully saturated rings. The van der Waals surface area contributed by atoms with Gasteiger partial charge in [-0.15, -0.1) is 0 Å². The second kappa shape index (κ2) is 23.6. The van der Waals surface area contributed by atoms with E-state index in [1.165, 1.54) is 6.33 Å². The summed E-state index contributed by atoms with van der Waals surface area (Å²) >= 11 is 3.76. The van der Waals surface area contributed by atoms with Gasteiger partial charge in [0.1, 0.15) is 24.2 Å². The molecule has 53 heavy (non-hydrogen) atoms. The van der Waals surface area contributed by atoms with Crippen LogP contribution in [0.5, 0.6) is 0 Å². The number of H-pyrrole nitrogens is 1. The highest BCUT2D eigenvalue weighted by Gasteiger charge is 2.30. The third kappa shape index (κ3) is 17.8. The lowest BCUT2D eigenvalue weighted by molar-refractivity contribution is -0.143. The van der Waals surface area contributed by atoms with E-state index in [0.29, 0.717) is 5.69 Å². The van der Waals surface area contributed by atoms with Crippen LogP contribution in [0.25, 0.3) is 0 Å². The van der Waals surface area contributed by atoms with Crippen LogP contribution in [0, 0.1) is 0 Å². The molecule has 5 atom stereocenters. The summed E-state index contributed by atoms with van der Waals surface area (Å²) in [5, 5.41) is 53.9. The number of aromatic nitrogens is 2. The van der Waals surface area contributed by atoms with Crippen molar-refractivity contribution in [2.75, 3.05) is 45.1 Å². The van der Waals surface area contributed by atoms with Crippen LogP contribution in [0.3, 0.4) is 0 Å². The maximum absolute atomic E-state index is 12.6. The van der Waals surface area contributed by atoms with Crippen LogP contribution in [0.15, 0.2) is 12.5 Å². The fraction of sp³-hybridized carbons (Fsp3) is 0.519. The van der Waals surface area contributed by atoms with Crippen LogP contribution >= 0.6 is 12.6 Å². The minimum atomic E-state index is -1.81. The second-order valence-corrected chi connectivity index (χ2v) is 11.1. The standard InChI is InChI=1S/C27H41N11O14S/c28-13(1-12-3-29-11-34-12)23(47)32-4-18(41)30-6-20(43)35-15(8-39)24(48)33-5-19(42)31-7-21(44)36-16(9-40)26(50)37-14(2-22(45)46)25(49)38-17(10-53)27(51)52/h3,11,13-17,39-40,53H,1-2,4-10,28H2,(H,29,34)(H,30,41)(H,31,42)(H,32,47)(H,33,48)(H,35,43)(H,36,44)(H,37,50)(H,38,49)(H,45,46)(H,51,52)/t13-,14-,15-,16-,17-/m0/s1. The van der Waals surface area contributed by atoms with E-state index in [-0.39, 0.29) is 12.2 Å². The average Bonchev–Trinajstić information content (AvgIpc) is 3.63. The van der Waals surface area contributed by atoms with Gasteiger partial charge < -0.3 is 73.7 Å². The van der Waals surface area contributed by atoms with Gasteiger partial charge in [0.2, 0.25) is 47.3 Å². The number of carboxylic acids is 2. The fourth-order valence-corrected chi connectivity index (χ4v) is 4.03. The van der Waals surface area contributed by atoms with Gasteiger partial charge in [-0.1, -0.05) is 0 Å². The van der Waals surface area contributed by atoms with Crippen molar-refractivity contribution in [1.29, 1.82) is 0 Å². The molecular weight excluding hydrogens is 734 g/mol. The number of nitrogens with zero attached hydrogens (tertiary/aromatic N) is 1. The number of imidazole rings is 1. The molecule has 1 aromatic rings. The Morgan fingerprint density at radius 1 is 0.660 bits per heavy atom. The molecule has 1 rings (SSSR count). The molecule has 25 nitrogen and oxygen atoms in total. The summed E-state index contributed by atoms with van der Waals surface area (Å²) in [7, 11) is 0. The number of thiol groups is 1. The van der Waals surface area contributed by atoms with Crippen molar-refractivity contribution in [3.05, 3.63) is 18.2 Å². The van der Waals surface area contributed by atoms with Gasteiger partial charge >= 0.3 is 11.9 Å². The number of rotatable bonds is 24. The molecule has 0 spiro atoms. The summed E-state index contributed by atoms with van der Waals surface area (Å²) in [5.41, 5.74) is 6.27. The van der Waals surface area contributed by atoms with Crippen LogP contribution in [0.4, 0.5) is 0 Å². The third-order valence-corrected chi connectivity index (χ3v) is 6.90. The number of amides is 8. The monoisotopic (exact) mass is 775 g/mol. The highest BCUT2D eigenvalue weighted by molar-refractivity contribution is 7.80. The molecule has 26 heteroatoms. The predicted molar refractivity (Wildman–Crippen MR) is 178 cm³/mol. The lowest BCUT2D eigenvalue weighted by Gasteiger charge is -2.22. The molecule has 0 aliphatic heterocycles. The number of aliphatic hydroxyl groups is 2. The van der Waals surface area contributed by atoms with E-state index >= 15 is 0 Å². The van der Waals surface area contributed by atoms with Crippen molar-refractivity contribution in [2.45, 2.75) is 43.1 Å². The Labute approximate surface area is 304 Å². The van der Waals surface area contributed by atoms with Crippen molar-refractivity contribution >= 4 is 71.8 Å². The number of aliphatic carboxylic acids is 2. The van der Waals surface area contributed by atoms with E-state index < -0.39 is 135 Å². The number of carbonyl (C=O) groups excluding carboxylic acids is 8. The molecule has 0 unspecified atom stereocenters. The molecule has 0 aliphatic rings. The molecule has 0 aromatic carbocycles. The summed E-state index contributed by atoms with van der Waals surface area (Å²) < 4.78 is 0. The maximum atomic E-state index is 12.6. The number of hydrogen-bond acceptors (Lipinski definition) is 15. The molecular formula is C27H41N11O14S. The first-order valence-electron chi connectivity index (χ1n) is 15.3. The topological polar surface area (TPSA) is 403 Å². The summed E-state index contributed by atoms with van der Waals surface area (Å²) in [6.45, 7) is -4.73. The Hall–Kier alpha value is -5.86. The number of nitrogens with two attached hydrogens (primary N) is 1. The van der Waals surface area contributed by atoms with Crippen LogP contribution in [-0.2, 0) is 54.4 Å². The predicted octanol–water partition coefficient (Wildman–Crippen LogP) is -8.84. The summed E-state index contributed by atoms with van der Waals surface area (Å²) in [6.07, 6.45) is 2.06. The maximum Gasteiger partial charge on any atom is 0.327 e. The highest BCUT2D eigenvalue weighted by Crippen LogP contribution is 1.99. The molecule has 8 amide bonds. The Kier molecular flexibility index (Phi) is 20.1. The number of carboxylic acid groups (broad SMARTS) is 2. The Bertz CT molecular complexity index is 1480. The average molecular weight is 776 g/mol. The zero-order valence-electron chi connectivity index (χ0n) is 27.7. The molecule has 0 aliphatic carbocycles. The van der Waals surface area contributed by atoms with Crippen molar-refractivity contribution in [1.82, 2.24) is 52.5 Å². The van der Waals surface area contributed by atoms with Crippen molar-refractivity contribution in [3.8, 4) is 0 Å². The van der Waals surface area contributed by atoms with E-state index in [9.17, 15) is 58.2 Å². The van der Waals surface area contributed by atoms with Gasteiger partial charge in [-0.25, -0.2) is 9.78 Å². The Morgan fingerprint density at radius 2 is 1.13 bits per heavy atom. The SMILES string of the molecule is N[C@@H](Cc1c[nH]cn1)C(=O)NCC(=O)NCC(=O)N[C@@H](CO)C(=O)NCC(=O)NCC(=O)N[C@@H](CO)C(=O)N[C@@H](CC(=O)O)C(=O)N[C@@H](CS)C(=O)O.